The Morgan fingerprint density at radius 3 is 1.10 bits per heavy atom. The fourth-order valence-electron chi connectivity index (χ4n) is 9.61. The van der Waals surface area contributed by atoms with E-state index < -0.39 is 18.2 Å². The molecule has 6 heteroatoms. The standard InChI is InChI=1S/C63H119NO5/c1-4-7-10-13-16-19-22-25-28-31-32-35-38-41-44-47-50-53-56-63(68)69-59(54-51-48-45-42-39-36-33-29-26-23-20-17-14-11-8-5-2)57-62(67)64-60(58-65)61(66)55-52-49-46-43-40-37-34-30-27-24-21-18-15-12-9-6-3/h22,25,28,31-32,35,59-61,65-66H,4-21,23-24,26-27,29-30,33-34,36-58H2,1-3H3,(H,64,67)/b25-22+,31-28+,35-32+. The Balaban J connectivity index is 4.55. The highest BCUT2D eigenvalue weighted by atomic mass is 16.5. The van der Waals surface area contributed by atoms with Gasteiger partial charge in [0.2, 0.25) is 5.91 Å². The molecule has 0 radical (unpaired) electrons. The van der Waals surface area contributed by atoms with Gasteiger partial charge >= 0.3 is 5.97 Å². The number of aliphatic hydroxyl groups is 2. The highest BCUT2D eigenvalue weighted by Gasteiger charge is 2.24. The molecule has 0 fully saturated rings. The number of esters is 1. The molecular formula is C63H119NO5. The monoisotopic (exact) mass is 970 g/mol. The van der Waals surface area contributed by atoms with Crippen LogP contribution in [0, 0.1) is 0 Å². The number of carbonyl (C=O) groups excluding carboxylic acids is 2. The molecule has 0 saturated carbocycles. The van der Waals surface area contributed by atoms with Crippen molar-refractivity contribution in [2.24, 2.45) is 0 Å². The minimum Gasteiger partial charge on any atom is -0.462 e. The van der Waals surface area contributed by atoms with Gasteiger partial charge in [-0.3, -0.25) is 9.59 Å². The van der Waals surface area contributed by atoms with Crippen LogP contribution in [0.4, 0.5) is 0 Å². The third-order valence-electron chi connectivity index (χ3n) is 14.3. The van der Waals surface area contributed by atoms with Gasteiger partial charge in [-0.05, 0) is 51.4 Å². The van der Waals surface area contributed by atoms with Gasteiger partial charge in [-0.15, -0.1) is 0 Å². The van der Waals surface area contributed by atoms with E-state index in [1.165, 1.54) is 218 Å². The maximum atomic E-state index is 13.3. The van der Waals surface area contributed by atoms with Crippen molar-refractivity contribution in [1.82, 2.24) is 5.32 Å². The maximum Gasteiger partial charge on any atom is 0.306 e. The van der Waals surface area contributed by atoms with Gasteiger partial charge in [0.25, 0.3) is 0 Å². The zero-order valence-electron chi connectivity index (χ0n) is 46.5. The van der Waals surface area contributed by atoms with Crippen LogP contribution in [0.15, 0.2) is 36.5 Å². The van der Waals surface area contributed by atoms with Crippen LogP contribution in [-0.4, -0.2) is 46.9 Å². The summed E-state index contributed by atoms with van der Waals surface area (Å²) >= 11 is 0. The fourth-order valence-corrected chi connectivity index (χ4v) is 9.61. The molecule has 0 aromatic heterocycles. The predicted molar refractivity (Wildman–Crippen MR) is 301 cm³/mol. The summed E-state index contributed by atoms with van der Waals surface area (Å²) in [5, 5.41) is 23.9. The maximum absolute atomic E-state index is 13.3. The van der Waals surface area contributed by atoms with Crippen molar-refractivity contribution in [3.63, 3.8) is 0 Å². The first kappa shape index (κ1) is 67.1. The molecule has 3 atom stereocenters. The van der Waals surface area contributed by atoms with Crippen molar-refractivity contribution in [2.45, 2.75) is 347 Å². The zero-order chi connectivity index (χ0) is 50.2. The molecule has 3 N–H and O–H groups in total. The molecule has 3 unspecified atom stereocenters. The number of hydrogen-bond acceptors (Lipinski definition) is 5. The van der Waals surface area contributed by atoms with Gasteiger partial charge in [0.1, 0.15) is 6.10 Å². The average Bonchev–Trinajstić information content (AvgIpc) is 3.34. The van der Waals surface area contributed by atoms with Gasteiger partial charge < -0.3 is 20.3 Å². The Kier molecular flexibility index (Phi) is 55.4. The number of hydrogen-bond donors (Lipinski definition) is 3. The van der Waals surface area contributed by atoms with E-state index in [4.69, 9.17) is 4.74 Å². The molecule has 1 amide bonds. The van der Waals surface area contributed by atoms with E-state index in [0.717, 1.165) is 64.2 Å². The molecule has 406 valence electrons. The predicted octanol–water partition coefficient (Wildman–Crippen LogP) is 19.2. The summed E-state index contributed by atoms with van der Waals surface area (Å²) in [6, 6.07) is -0.704. The second-order valence-electron chi connectivity index (χ2n) is 21.2. The van der Waals surface area contributed by atoms with Crippen LogP contribution >= 0.6 is 0 Å². The quantitative estimate of drug-likeness (QED) is 0.0321. The number of aliphatic hydroxyl groups excluding tert-OH is 2. The van der Waals surface area contributed by atoms with Gasteiger partial charge in [0.05, 0.1) is 25.2 Å². The summed E-state index contributed by atoms with van der Waals surface area (Å²) < 4.78 is 5.97. The topological polar surface area (TPSA) is 95.9 Å². The average molecular weight is 971 g/mol. The van der Waals surface area contributed by atoms with Crippen LogP contribution in [0.25, 0.3) is 0 Å². The molecule has 0 rings (SSSR count). The van der Waals surface area contributed by atoms with Gasteiger partial charge in [-0.25, -0.2) is 0 Å². The van der Waals surface area contributed by atoms with E-state index in [1.807, 2.05) is 0 Å². The lowest BCUT2D eigenvalue weighted by Gasteiger charge is -2.24. The van der Waals surface area contributed by atoms with E-state index in [0.29, 0.717) is 19.3 Å². The van der Waals surface area contributed by atoms with Gasteiger partial charge in [0.15, 0.2) is 0 Å². The number of allylic oxidation sites excluding steroid dienone is 6. The largest absolute Gasteiger partial charge is 0.462 e. The van der Waals surface area contributed by atoms with Crippen molar-refractivity contribution in [3.8, 4) is 0 Å². The lowest BCUT2D eigenvalue weighted by atomic mass is 10.0. The molecule has 0 aliphatic rings. The summed E-state index contributed by atoms with van der Waals surface area (Å²) in [5.74, 6) is -0.477. The fraction of sp³-hybridized carbons (Fsp3) is 0.873. The number of unbranched alkanes of at least 4 members (excludes halogenated alkanes) is 40. The molecule has 0 aromatic rings. The zero-order valence-corrected chi connectivity index (χ0v) is 46.5. The van der Waals surface area contributed by atoms with E-state index in [1.54, 1.807) is 0 Å². The molecule has 6 nitrogen and oxygen atoms in total. The molecule has 0 heterocycles. The van der Waals surface area contributed by atoms with E-state index in [2.05, 4.69) is 62.5 Å². The number of ether oxygens (including phenoxy) is 1. The summed E-state index contributed by atoms with van der Waals surface area (Å²) in [4.78, 5) is 26.3. The Morgan fingerprint density at radius 1 is 0.420 bits per heavy atom. The molecule has 69 heavy (non-hydrogen) atoms. The summed E-state index contributed by atoms with van der Waals surface area (Å²) in [6.45, 7) is 6.51. The minimum atomic E-state index is -0.790. The second kappa shape index (κ2) is 57.0. The summed E-state index contributed by atoms with van der Waals surface area (Å²) in [6.07, 6.45) is 69.2. The number of amides is 1. The Labute approximate surface area is 430 Å². The minimum absolute atomic E-state index is 0.0743. The second-order valence-corrected chi connectivity index (χ2v) is 21.2. The smallest absolute Gasteiger partial charge is 0.306 e. The van der Waals surface area contributed by atoms with Crippen molar-refractivity contribution < 1.29 is 24.5 Å². The van der Waals surface area contributed by atoms with Gasteiger partial charge in [-0.1, -0.05) is 301 Å². The molecule has 0 aliphatic carbocycles. The van der Waals surface area contributed by atoms with E-state index >= 15 is 0 Å². The first-order valence-electron chi connectivity index (χ1n) is 30.7. The van der Waals surface area contributed by atoms with Crippen LogP contribution in [0.5, 0.6) is 0 Å². The number of rotatable bonds is 56. The van der Waals surface area contributed by atoms with Gasteiger partial charge in [0, 0.05) is 6.42 Å². The molecule has 0 spiro atoms. The third-order valence-corrected chi connectivity index (χ3v) is 14.3. The molecule has 0 saturated heterocycles. The van der Waals surface area contributed by atoms with Crippen molar-refractivity contribution in [1.29, 1.82) is 0 Å². The first-order chi connectivity index (χ1) is 34.0. The number of nitrogens with one attached hydrogen (secondary N) is 1. The Morgan fingerprint density at radius 2 is 0.739 bits per heavy atom. The highest BCUT2D eigenvalue weighted by Crippen LogP contribution is 2.19. The summed E-state index contributed by atoms with van der Waals surface area (Å²) in [7, 11) is 0. The molecule has 0 bridgehead atoms. The Bertz CT molecular complexity index is 1130. The van der Waals surface area contributed by atoms with Crippen LogP contribution < -0.4 is 5.32 Å². The number of carbonyl (C=O) groups is 2. The lowest BCUT2D eigenvalue weighted by molar-refractivity contribution is -0.151. The van der Waals surface area contributed by atoms with Crippen molar-refractivity contribution in [2.75, 3.05) is 6.61 Å². The Hall–Kier alpha value is -1.92. The molecule has 0 aliphatic heterocycles. The lowest BCUT2D eigenvalue weighted by Crippen LogP contribution is -2.46. The van der Waals surface area contributed by atoms with Crippen LogP contribution in [0.3, 0.4) is 0 Å². The van der Waals surface area contributed by atoms with Crippen LogP contribution in [-0.2, 0) is 14.3 Å². The SMILES string of the molecule is CCCCCCC/C=C/C=C/C=C/CCCCCCCC(=O)OC(CCCCCCCCCCCCCCCCCC)CC(=O)NC(CO)C(O)CCCCCCCCCCCCCCCCCC. The van der Waals surface area contributed by atoms with Crippen molar-refractivity contribution in [3.05, 3.63) is 36.5 Å². The third kappa shape index (κ3) is 52.2. The van der Waals surface area contributed by atoms with E-state index in [9.17, 15) is 19.8 Å². The van der Waals surface area contributed by atoms with Gasteiger partial charge in [-0.2, -0.15) is 0 Å². The summed E-state index contributed by atoms with van der Waals surface area (Å²) in [5.41, 5.74) is 0. The van der Waals surface area contributed by atoms with Crippen molar-refractivity contribution >= 4 is 11.9 Å². The molecular weight excluding hydrogens is 851 g/mol. The van der Waals surface area contributed by atoms with Crippen LogP contribution in [0.2, 0.25) is 0 Å². The van der Waals surface area contributed by atoms with Crippen LogP contribution in [0.1, 0.15) is 329 Å². The first-order valence-corrected chi connectivity index (χ1v) is 30.7. The molecule has 0 aromatic carbocycles. The normalized spacial score (nSPS) is 13.3. The van der Waals surface area contributed by atoms with E-state index in [-0.39, 0.29) is 24.9 Å². The highest BCUT2D eigenvalue weighted by molar-refractivity contribution is 5.77.